The van der Waals surface area contributed by atoms with E-state index in [9.17, 15) is 34.6 Å². The quantitative estimate of drug-likeness (QED) is 0.446. The Morgan fingerprint density at radius 2 is 1.48 bits per heavy atom. The van der Waals surface area contributed by atoms with Gasteiger partial charge < -0.3 is 5.73 Å². The third kappa shape index (κ3) is 2.37. The summed E-state index contributed by atoms with van der Waals surface area (Å²) >= 11 is 0. The van der Waals surface area contributed by atoms with Crippen LogP contribution >= 0.6 is 0 Å². The van der Waals surface area contributed by atoms with Crippen molar-refractivity contribution in [2.45, 2.75) is 0 Å². The number of anilines is 1. The van der Waals surface area contributed by atoms with Crippen molar-refractivity contribution in [2.75, 3.05) is 5.73 Å². The zero-order valence-corrected chi connectivity index (χ0v) is 12.1. The molecule has 1 aliphatic rings. The molecule has 0 fully saturated rings. The van der Waals surface area contributed by atoms with Crippen molar-refractivity contribution < 1.29 is 19.4 Å². The van der Waals surface area contributed by atoms with Gasteiger partial charge in [0.25, 0.3) is 28.7 Å². The first-order valence-electron chi connectivity index (χ1n) is 6.56. The lowest BCUT2D eigenvalue weighted by Gasteiger charge is -2.11. The van der Waals surface area contributed by atoms with Crippen LogP contribution in [0.15, 0.2) is 29.1 Å². The molecular formula is C13H7N5O7. The van der Waals surface area contributed by atoms with Gasteiger partial charge >= 0.3 is 0 Å². The van der Waals surface area contributed by atoms with E-state index in [1.165, 1.54) is 0 Å². The number of imide groups is 1. The SMILES string of the molecule is Nc1c2c(cc(=O)n1-c1cc([N+](=O)[O-])cc([N+](=O)[O-])c1)C(=O)NC2=O. The molecule has 12 nitrogen and oxygen atoms in total. The van der Waals surface area contributed by atoms with Crippen LogP contribution in [0.4, 0.5) is 17.2 Å². The standard InChI is InChI=1S/C13H7N5O7/c14-11-10-8(12(20)15-13(10)21)4-9(19)16(11)5-1-6(17(22)23)3-7(2-5)18(24)25/h1-4H,14H2,(H,15,20,21). The summed E-state index contributed by atoms with van der Waals surface area (Å²) in [5.41, 5.74) is 2.83. The summed E-state index contributed by atoms with van der Waals surface area (Å²) in [5.74, 6) is -2.10. The number of nitrogens with zero attached hydrogens (tertiary/aromatic N) is 3. The smallest absolute Gasteiger partial charge is 0.278 e. The number of pyridine rings is 1. The van der Waals surface area contributed by atoms with Gasteiger partial charge in [-0.3, -0.25) is 44.5 Å². The Balaban J connectivity index is 2.35. The number of nitrogen functional groups attached to an aromatic ring is 1. The predicted molar refractivity (Wildman–Crippen MR) is 81.6 cm³/mol. The average Bonchev–Trinajstić information content (AvgIpc) is 2.81. The van der Waals surface area contributed by atoms with Crippen molar-refractivity contribution in [3.05, 3.63) is 66.0 Å². The number of nitro groups is 2. The van der Waals surface area contributed by atoms with Gasteiger partial charge in [0.1, 0.15) is 5.82 Å². The Morgan fingerprint density at radius 3 is 2.00 bits per heavy atom. The summed E-state index contributed by atoms with van der Waals surface area (Å²) in [4.78, 5) is 55.9. The van der Waals surface area contributed by atoms with Gasteiger partial charge in [-0.2, -0.15) is 0 Å². The minimum absolute atomic E-state index is 0.233. The highest BCUT2D eigenvalue weighted by Gasteiger charge is 2.32. The van der Waals surface area contributed by atoms with Crippen LogP contribution in [0.3, 0.4) is 0 Å². The topological polar surface area (TPSA) is 180 Å². The molecule has 1 aromatic carbocycles. The molecule has 0 unspecified atom stereocenters. The van der Waals surface area contributed by atoms with E-state index in [0.717, 1.165) is 18.2 Å². The molecule has 3 N–H and O–H groups in total. The summed E-state index contributed by atoms with van der Waals surface area (Å²) in [5, 5.41) is 23.9. The minimum Gasteiger partial charge on any atom is -0.384 e. The maximum absolute atomic E-state index is 12.3. The van der Waals surface area contributed by atoms with Crippen LogP contribution in [0.25, 0.3) is 5.69 Å². The summed E-state index contributed by atoms with van der Waals surface area (Å²) in [6.07, 6.45) is 0. The van der Waals surface area contributed by atoms with Crippen LogP contribution in [-0.2, 0) is 0 Å². The van der Waals surface area contributed by atoms with E-state index >= 15 is 0 Å². The second-order valence-corrected chi connectivity index (χ2v) is 5.00. The monoisotopic (exact) mass is 345 g/mol. The number of carbonyl (C=O) groups is 2. The number of benzene rings is 1. The molecule has 1 aliphatic heterocycles. The molecule has 2 amide bonds. The number of nitrogens with one attached hydrogen (secondary N) is 1. The third-order valence-corrected chi connectivity index (χ3v) is 3.52. The van der Waals surface area contributed by atoms with Gasteiger partial charge in [-0.1, -0.05) is 0 Å². The van der Waals surface area contributed by atoms with Crippen LogP contribution in [0.1, 0.15) is 20.7 Å². The highest BCUT2D eigenvalue weighted by atomic mass is 16.6. The van der Waals surface area contributed by atoms with Crippen LogP contribution < -0.4 is 16.6 Å². The molecule has 0 spiro atoms. The fourth-order valence-electron chi connectivity index (χ4n) is 2.47. The molecule has 0 saturated carbocycles. The molecule has 2 aromatic rings. The number of amides is 2. The zero-order valence-electron chi connectivity index (χ0n) is 12.1. The maximum atomic E-state index is 12.3. The predicted octanol–water partition coefficient (Wildman–Crippen LogP) is 0.120. The Kier molecular flexibility index (Phi) is 3.30. The van der Waals surface area contributed by atoms with Gasteiger partial charge in [-0.15, -0.1) is 0 Å². The van der Waals surface area contributed by atoms with Gasteiger partial charge in [0.2, 0.25) is 0 Å². The maximum Gasteiger partial charge on any atom is 0.278 e. The highest BCUT2D eigenvalue weighted by molar-refractivity contribution is 6.23. The summed E-state index contributed by atoms with van der Waals surface area (Å²) in [7, 11) is 0. The number of nitro benzene ring substituents is 2. The largest absolute Gasteiger partial charge is 0.384 e. The Labute approximate surface area is 136 Å². The fourth-order valence-corrected chi connectivity index (χ4v) is 2.47. The Hall–Kier alpha value is -4.09. The Bertz CT molecular complexity index is 1020. The molecule has 3 rings (SSSR count). The number of non-ortho nitro benzene ring substituents is 2. The van der Waals surface area contributed by atoms with Crippen LogP contribution in [-0.4, -0.2) is 26.2 Å². The van der Waals surface area contributed by atoms with Crippen molar-refractivity contribution in [3.8, 4) is 5.69 Å². The van der Waals surface area contributed by atoms with Crippen molar-refractivity contribution in [1.82, 2.24) is 9.88 Å². The molecule has 1 aromatic heterocycles. The summed E-state index contributed by atoms with van der Waals surface area (Å²) < 4.78 is 0.691. The Morgan fingerprint density at radius 1 is 0.920 bits per heavy atom. The third-order valence-electron chi connectivity index (χ3n) is 3.52. The van der Waals surface area contributed by atoms with E-state index in [2.05, 4.69) is 0 Å². The number of rotatable bonds is 3. The minimum atomic E-state index is -0.879. The molecule has 0 bridgehead atoms. The molecule has 2 heterocycles. The van der Waals surface area contributed by atoms with Crippen LogP contribution in [0.2, 0.25) is 0 Å². The number of fused-ring (bicyclic) bond motifs is 1. The van der Waals surface area contributed by atoms with Gasteiger partial charge in [0.05, 0.1) is 32.7 Å². The van der Waals surface area contributed by atoms with E-state index in [1.54, 1.807) is 0 Å². The van der Waals surface area contributed by atoms with Gasteiger partial charge in [-0.05, 0) is 0 Å². The molecule has 0 radical (unpaired) electrons. The average molecular weight is 345 g/mol. The first-order chi connectivity index (χ1) is 11.7. The van der Waals surface area contributed by atoms with Crippen molar-refractivity contribution >= 4 is 29.0 Å². The molecule has 0 saturated heterocycles. The second-order valence-electron chi connectivity index (χ2n) is 5.00. The molecule has 126 valence electrons. The lowest BCUT2D eigenvalue weighted by atomic mass is 10.1. The highest BCUT2D eigenvalue weighted by Crippen LogP contribution is 2.28. The number of nitrogens with two attached hydrogens (primary N) is 1. The van der Waals surface area contributed by atoms with Gasteiger partial charge in [0.15, 0.2) is 0 Å². The van der Waals surface area contributed by atoms with E-state index in [-0.39, 0.29) is 16.8 Å². The van der Waals surface area contributed by atoms with Crippen molar-refractivity contribution in [3.63, 3.8) is 0 Å². The van der Waals surface area contributed by atoms with E-state index < -0.39 is 44.4 Å². The van der Waals surface area contributed by atoms with Gasteiger partial charge in [0, 0.05) is 18.2 Å². The number of hydrogen-bond acceptors (Lipinski definition) is 8. The van der Waals surface area contributed by atoms with Gasteiger partial charge in [-0.25, -0.2) is 0 Å². The normalized spacial score (nSPS) is 12.6. The number of aromatic nitrogens is 1. The number of carbonyl (C=O) groups excluding carboxylic acids is 2. The second kappa shape index (κ2) is 5.23. The zero-order chi connectivity index (χ0) is 18.5. The lowest BCUT2D eigenvalue weighted by Crippen LogP contribution is -2.24. The fraction of sp³-hybridized carbons (Fsp3) is 0. The van der Waals surface area contributed by atoms with E-state index in [0.29, 0.717) is 10.6 Å². The molecular weight excluding hydrogens is 338 g/mol. The number of hydrogen-bond donors (Lipinski definition) is 2. The van der Waals surface area contributed by atoms with E-state index in [4.69, 9.17) is 5.73 Å². The van der Waals surface area contributed by atoms with Crippen molar-refractivity contribution in [2.24, 2.45) is 0 Å². The van der Waals surface area contributed by atoms with E-state index in [1.807, 2.05) is 5.32 Å². The molecule has 25 heavy (non-hydrogen) atoms. The molecule has 12 heteroatoms. The summed E-state index contributed by atoms with van der Waals surface area (Å²) in [6.45, 7) is 0. The van der Waals surface area contributed by atoms with Crippen LogP contribution in [0.5, 0.6) is 0 Å². The van der Waals surface area contributed by atoms with Crippen LogP contribution in [0, 0.1) is 20.2 Å². The molecule has 0 atom stereocenters. The summed E-state index contributed by atoms with van der Waals surface area (Å²) in [6, 6.07) is 3.34. The lowest BCUT2D eigenvalue weighted by molar-refractivity contribution is -0.394. The molecule has 0 aliphatic carbocycles. The van der Waals surface area contributed by atoms with Crippen molar-refractivity contribution in [1.29, 1.82) is 0 Å². The first kappa shape index (κ1) is 15.8. The first-order valence-corrected chi connectivity index (χ1v) is 6.56.